The summed E-state index contributed by atoms with van der Waals surface area (Å²) < 4.78 is 5.35. The van der Waals surface area contributed by atoms with Crippen molar-refractivity contribution in [3.63, 3.8) is 0 Å². The van der Waals surface area contributed by atoms with Crippen LogP contribution in [0.1, 0.15) is 24.5 Å². The van der Waals surface area contributed by atoms with E-state index in [0.29, 0.717) is 11.8 Å². The average Bonchev–Trinajstić information content (AvgIpc) is 2.72. The number of carbonyl (C=O) groups excluding carboxylic acids is 1. The molecule has 2 bridgehead atoms. The zero-order valence-electron chi connectivity index (χ0n) is 16.9. The predicted molar refractivity (Wildman–Crippen MR) is 123 cm³/mol. The zero-order chi connectivity index (χ0) is 20.3. The summed E-state index contributed by atoms with van der Waals surface area (Å²) in [5, 5.41) is 12.1. The Morgan fingerprint density at radius 2 is 2.07 bits per heavy atom. The van der Waals surface area contributed by atoms with Crippen molar-refractivity contribution in [2.24, 2.45) is 23.3 Å². The number of ether oxygens (including phenoxy) is 1. The first kappa shape index (κ1) is 26.0. The van der Waals surface area contributed by atoms with Gasteiger partial charge in [-0.3, -0.25) is 9.88 Å². The molecule has 0 radical (unpaired) electrons. The molecule has 5 atom stereocenters. The fourth-order valence-electron chi connectivity index (χ4n) is 4.44. The van der Waals surface area contributed by atoms with Gasteiger partial charge in [-0.1, -0.05) is 6.08 Å². The maximum Gasteiger partial charge on any atom is 0.309 e. The number of urea groups is 1. The lowest BCUT2D eigenvalue weighted by molar-refractivity contribution is -0.0444. The number of nitrogens with zero attached hydrogens (tertiary/aromatic N) is 2. The molecule has 4 heterocycles. The number of carbonyl (C=O) groups is 1. The minimum absolute atomic E-state index is 0. The van der Waals surface area contributed by atoms with E-state index in [1.807, 2.05) is 24.3 Å². The third-order valence-electron chi connectivity index (χ3n) is 5.82. The highest BCUT2D eigenvalue weighted by molar-refractivity contribution is 5.85. The summed E-state index contributed by atoms with van der Waals surface area (Å²) >= 11 is 0. The van der Waals surface area contributed by atoms with Crippen LogP contribution in [0.3, 0.4) is 0 Å². The van der Waals surface area contributed by atoms with Crippen molar-refractivity contribution in [3.8, 4) is 5.75 Å². The number of aliphatic hydroxyl groups excluding tert-OH is 1. The molecule has 2 amide bonds. The number of fused-ring (bicyclic) bond motifs is 4. The maximum atomic E-state index is 11.2. The molecule has 5 N–H and O–H groups in total. The van der Waals surface area contributed by atoms with Gasteiger partial charge in [0.15, 0.2) is 0 Å². The predicted octanol–water partition coefficient (Wildman–Crippen LogP) is 3.04. The highest BCUT2D eigenvalue weighted by Crippen LogP contribution is 2.42. The van der Waals surface area contributed by atoms with Crippen LogP contribution >= 0.6 is 24.8 Å². The highest BCUT2D eigenvalue weighted by Gasteiger charge is 2.42. The normalized spacial score (nSPS) is 25.0. The van der Waals surface area contributed by atoms with Gasteiger partial charge in [0.25, 0.3) is 0 Å². The van der Waals surface area contributed by atoms with Gasteiger partial charge in [0.1, 0.15) is 5.75 Å². The number of aliphatic hydroxyl groups is 1. The SMILES string of the molecule is C=C[C@H]1CN2CC[C@H]1C[C@H]2[C@H](O)c1ccnc2ccc(OC)cc12.Cl.Cl.NC(N)=O. The van der Waals surface area contributed by atoms with E-state index >= 15 is 0 Å². The van der Waals surface area contributed by atoms with Crippen LogP contribution < -0.4 is 16.2 Å². The molecule has 0 spiro atoms. The summed E-state index contributed by atoms with van der Waals surface area (Å²) in [7, 11) is 1.66. The molecule has 3 aliphatic rings. The first-order valence-electron chi connectivity index (χ1n) is 9.46. The molecule has 1 unspecified atom stereocenters. The monoisotopic (exact) mass is 456 g/mol. The molecule has 3 fully saturated rings. The summed E-state index contributed by atoms with van der Waals surface area (Å²) in [5.41, 5.74) is 10.3. The van der Waals surface area contributed by atoms with Crippen molar-refractivity contribution >= 4 is 41.7 Å². The lowest BCUT2D eigenvalue weighted by Crippen LogP contribution is -2.54. The lowest BCUT2D eigenvalue weighted by Gasteiger charge is -2.50. The summed E-state index contributed by atoms with van der Waals surface area (Å²) in [4.78, 5) is 15.9. The Morgan fingerprint density at radius 1 is 1.37 bits per heavy atom. The van der Waals surface area contributed by atoms with Gasteiger partial charge in [-0.25, -0.2) is 4.79 Å². The standard InChI is InChI=1S/C20H24N2O2.CH4N2O.2ClH/c1-3-13-12-22-9-7-14(13)10-19(22)20(23)16-6-8-21-18-5-4-15(24-2)11-17(16)18;2-1(3)4;;/h3-6,8,11,13-14,19-20,23H,1,7,9-10,12H2,2H3;(H4,2,3,4);2*1H/t13-,14-,19-,20+;;;/m0.../s1. The molecule has 1 aromatic carbocycles. The molecule has 5 rings (SSSR count). The molecule has 166 valence electrons. The number of halogens is 2. The van der Waals surface area contributed by atoms with E-state index in [2.05, 4.69) is 34.0 Å². The van der Waals surface area contributed by atoms with E-state index in [4.69, 9.17) is 9.53 Å². The first-order valence-corrected chi connectivity index (χ1v) is 9.46. The van der Waals surface area contributed by atoms with Crippen LogP contribution in [-0.2, 0) is 0 Å². The Bertz CT molecular complexity index is 863. The highest BCUT2D eigenvalue weighted by atomic mass is 35.5. The van der Waals surface area contributed by atoms with Gasteiger partial charge in [-0.2, -0.15) is 0 Å². The Hall–Kier alpha value is -2.06. The van der Waals surface area contributed by atoms with Crippen LogP contribution in [0.4, 0.5) is 4.79 Å². The number of pyridine rings is 1. The number of piperidine rings is 3. The number of nitrogens with two attached hydrogens (primary N) is 2. The Morgan fingerprint density at radius 3 is 2.63 bits per heavy atom. The topological polar surface area (TPSA) is 115 Å². The summed E-state index contributed by atoms with van der Waals surface area (Å²) in [5.74, 6) is 2.01. The van der Waals surface area contributed by atoms with E-state index < -0.39 is 12.1 Å². The lowest BCUT2D eigenvalue weighted by atomic mass is 9.73. The molecule has 7 nitrogen and oxygen atoms in total. The number of amides is 2. The molecular weight excluding hydrogens is 427 g/mol. The zero-order valence-corrected chi connectivity index (χ0v) is 18.6. The van der Waals surface area contributed by atoms with E-state index in [1.165, 1.54) is 6.42 Å². The van der Waals surface area contributed by atoms with Crippen molar-refractivity contribution < 1.29 is 14.6 Å². The van der Waals surface area contributed by atoms with Crippen LogP contribution in [0.2, 0.25) is 0 Å². The third kappa shape index (κ3) is 5.55. The van der Waals surface area contributed by atoms with Crippen molar-refractivity contribution in [2.45, 2.75) is 25.0 Å². The second-order valence-electron chi connectivity index (χ2n) is 7.38. The van der Waals surface area contributed by atoms with Crippen molar-refractivity contribution in [2.75, 3.05) is 20.2 Å². The van der Waals surface area contributed by atoms with E-state index in [-0.39, 0.29) is 30.9 Å². The van der Waals surface area contributed by atoms with E-state index in [9.17, 15) is 5.11 Å². The van der Waals surface area contributed by atoms with Gasteiger partial charge in [0.2, 0.25) is 0 Å². The molecule has 0 aliphatic carbocycles. The number of primary amides is 2. The van der Waals surface area contributed by atoms with Gasteiger partial charge in [0, 0.05) is 24.2 Å². The van der Waals surface area contributed by atoms with Crippen LogP contribution in [0.5, 0.6) is 5.75 Å². The third-order valence-corrected chi connectivity index (χ3v) is 5.82. The average molecular weight is 457 g/mol. The number of hydrogen-bond donors (Lipinski definition) is 3. The molecule has 30 heavy (non-hydrogen) atoms. The molecule has 9 heteroatoms. The van der Waals surface area contributed by atoms with E-state index in [1.54, 1.807) is 13.3 Å². The quantitative estimate of drug-likeness (QED) is 0.611. The fourth-order valence-corrected chi connectivity index (χ4v) is 4.44. The smallest absolute Gasteiger partial charge is 0.309 e. The Kier molecular flexibility index (Phi) is 9.84. The van der Waals surface area contributed by atoms with Crippen molar-refractivity contribution in [1.82, 2.24) is 9.88 Å². The van der Waals surface area contributed by atoms with Crippen LogP contribution in [0.25, 0.3) is 10.9 Å². The molecule has 3 aliphatic heterocycles. The second kappa shape index (κ2) is 11.4. The second-order valence-corrected chi connectivity index (χ2v) is 7.38. The summed E-state index contributed by atoms with van der Waals surface area (Å²) in [6.45, 7) is 6.07. The number of hydrogen-bond acceptors (Lipinski definition) is 5. The van der Waals surface area contributed by atoms with Crippen LogP contribution in [0.15, 0.2) is 43.1 Å². The largest absolute Gasteiger partial charge is 0.497 e. The van der Waals surface area contributed by atoms with Crippen molar-refractivity contribution in [1.29, 1.82) is 0 Å². The van der Waals surface area contributed by atoms with Gasteiger partial charge in [0.05, 0.1) is 18.7 Å². The van der Waals surface area contributed by atoms with Gasteiger partial charge in [-0.15, -0.1) is 31.4 Å². The van der Waals surface area contributed by atoms with Crippen molar-refractivity contribution in [3.05, 3.63) is 48.7 Å². The maximum absolute atomic E-state index is 11.2. The molecule has 1 aromatic heterocycles. The van der Waals surface area contributed by atoms with Crippen LogP contribution in [0, 0.1) is 11.8 Å². The number of aromatic nitrogens is 1. The summed E-state index contributed by atoms with van der Waals surface area (Å²) in [6.07, 6.45) is 5.62. The van der Waals surface area contributed by atoms with Gasteiger partial charge < -0.3 is 21.3 Å². The molecule has 3 saturated heterocycles. The first-order chi connectivity index (χ1) is 13.4. The number of benzene rings is 1. The summed E-state index contributed by atoms with van der Waals surface area (Å²) in [6, 6.07) is 7.12. The van der Waals surface area contributed by atoms with Gasteiger partial charge in [-0.05, 0) is 61.1 Å². The number of rotatable bonds is 4. The van der Waals surface area contributed by atoms with Gasteiger partial charge >= 0.3 is 6.03 Å². The van der Waals surface area contributed by atoms with E-state index in [0.717, 1.165) is 41.7 Å². The molecule has 2 aromatic rings. The Balaban J connectivity index is 0.000000692. The minimum Gasteiger partial charge on any atom is -0.497 e. The minimum atomic E-state index is -0.833. The molecule has 0 saturated carbocycles. The fraction of sp³-hybridized carbons (Fsp3) is 0.429. The molecular formula is C21H30Cl2N4O3. The van der Waals surface area contributed by atoms with Crippen LogP contribution in [-0.4, -0.2) is 47.3 Å². The number of methoxy groups -OCH3 is 1. The Labute approximate surface area is 189 Å².